The third-order valence-corrected chi connectivity index (χ3v) is 9.52. The summed E-state index contributed by atoms with van der Waals surface area (Å²) in [6.45, 7) is 2.09. The van der Waals surface area contributed by atoms with E-state index in [-0.39, 0.29) is 35.4 Å². The van der Waals surface area contributed by atoms with Crippen LogP contribution in [-0.2, 0) is 33.6 Å². The average molecular weight is 627 g/mol. The molecular weight excluding hydrogens is 597 g/mol. The monoisotopic (exact) mass is 626 g/mol. The molecule has 0 bridgehead atoms. The summed E-state index contributed by atoms with van der Waals surface area (Å²) in [4.78, 5) is 33.0. The van der Waals surface area contributed by atoms with E-state index < -0.39 is 44.4 Å². The molecule has 3 aromatic rings. The third kappa shape index (κ3) is 6.84. The topological polar surface area (TPSA) is 151 Å². The van der Waals surface area contributed by atoms with Crippen LogP contribution in [0.1, 0.15) is 52.7 Å². The van der Waals surface area contributed by atoms with Crippen molar-refractivity contribution in [1.29, 1.82) is 0 Å². The fourth-order valence-corrected chi connectivity index (χ4v) is 7.27. The number of benzene rings is 1. The highest BCUT2D eigenvalue weighted by Gasteiger charge is 2.35. The van der Waals surface area contributed by atoms with Gasteiger partial charge in [-0.3, -0.25) is 9.59 Å². The molecule has 10 nitrogen and oxygen atoms in total. The van der Waals surface area contributed by atoms with Crippen molar-refractivity contribution < 1.29 is 40.7 Å². The standard InChI is InChI=1S/C27H29F3N4O6S2/c1-14-6-8-16-20(11-14)41-25(23(16)24(31)36)34-22(35)5-4-10-42(37,38)26-32-17(13-21(33-26)27(28,29)30)15-7-9-18(39-2)19(12-15)40-3/h7,9,12-14H,4-6,8,10-11H2,1-3H3,(H2,31,36)(H,34,35)/t14-/m0/s1. The molecule has 15 heteroatoms. The normalized spacial score (nSPS) is 15.1. The summed E-state index contributed by atoms with van der Waals surface area (Å²) in [7, 11) is -1.70. The number of carbonyl (C=O) groups excluding carboxylic acids is 2. The van der Waals surface area contributed by atoms with E-state index in [1.54, 1.807) is 0 Å². The van der Waals surface area contributed by atoms with Gasteiger partial charge in [-0.1, -0.05) is 6.92 Å². The van der Waals surface area contributed by atoms with Crippen molar-refractivity contribution in [3.63, 3.8) is 0 Å². The number of hydrogen-bond acceptors (Lipinski definition) is 9. The molecule has 0 radical (unpaired) electrons. The first-order valence-corrected chi connectivity index (χ1v) is 15.4. The molecule has 0 saturated heterocycles. The number of hydrogen-bond donors (Lipinski definition) is 2. The van der Waals surface area contributed by atoms with Gasteiger partial charge in [-0.25, -0.2) is 18.4 Å². The molecule has 2 aromatic heterocycles. The second kappa shape index (κ2) is 12.3. The van der Waals surface area contributed by atoms with Crippen LogP contribution < -0.4 is 20.5 Å². The first-order valence-electron chi connectivity index (χ1n) is 12.9. The Morgan fingerprint density at radius 3 is 2.50 bits per heavy atom. The average Bonchev–Trinajstić information content (AvgIpc) is 3.28. The molecule has 3 N–H and O–H groups in total. The summed E-state index contributed by atoms with van der Waals surface area (Å²) >= 11 is 1.27. The van der Waals surface area contributed by atoms with Gasteiger partial charge in [-0.05, 0) is 61.4 Å². The molecule has 1 aliphatic rings. The number of ether oxygens (including phenoxy) is 2. The highest BCUT2D eigenvalue weighted by Crippen LogP contribution is 2.40. The van der Waals surface area contributed by atoms with Crippen LogP contribution in [-0.4, -0.2) is 50.2 Å². The summed E-state index contributed by atoms with van der Waals surface area (Å²) in [6.07, 6.45) is -3.14. The number of primary amides is 1. The van der Waals surface area contributed by atoms with Gasteiger partial charge in [-0.15, -0.1) is 11.3 Å². The van der Waals surface area contributed by atoms with Gasteiger partial charge in [0.1, 0.15) is 10.7 Å². The predicted octanol–water partition coefficient (Wildman–Crippen LogP) is 4.66. The molecule has 2 heterocycles. The minimum absolute atomic E-state index is 0.148. The Bertz CT molecular complexity index is 1620. The Hall–Kier alpha value is -3.72. The molecule has 1 aromatic carbocycles. The second-order valence-electron chi connectivity index (χ2n) is 9.88. The van der Waals surface area contributed by atoms with E-state index >= 15 is 0 Å². The molecule has 1 aliphatic carbocycles. The molecule has 0 saturated carbocycles. The Kier molecular flexibility index (Phi) is 9.11. The fourth-order valence-electron chi connectivity index (χ4n) is 4.66. The highest BCUT2D eigenvalue weighted by atomic mass is 32.2. The summed E-state index contributed by atoms with van der Waals surface area (Å²) in [5.41, 5.74) is 5.09. The van der Waals surface area contributed by atoms with Crippen LogP contribution in [0.5, 0.6) is 11.5 Å². The Morgan fingerprint density at radius 2 is 1.86 bits per heavy atom. The maximum absolute atomic E-state index is 13.7. The van der Waals surface area contributed by atoms with Gasteiger partial charge in [0.15, 0.2) is 11.5 Å². The van der Waals surface area contributed by atoms with Crippen molar-refractivity contribution in [2.24, 2.45) is 11.7 Å². The van der Waals surface area contributed by atoms with E-state index in [1.807, 2.05) is 0 Å². The van der Waals surface area contributed by atoms with Crippen molar-refractivity contribution >= 4 is 38.0 Å². The third-order valence-electron chi connectivity index (χ3n) is 6.78. The lowest BCUT2D eigenvalue weighted by molar-refractivity contribution is -0.141. The number of sulfone groups is 1. The zero-order chi connectivity index (χ0) is 30.8. The Balaban J connectivity index is 1.52. The zero-order valence-corrected chi connectivity index (χ0v) is 24.6. The van der Waals surface area contributed by atoms with Gasteiger partial charge in [0.05, 0.1) is 31.2 Å². The van der Waals surface area contributed by atoms with Crippen LogP contribution in [0.2, 0.25) is 0 Å². The number of amides is 2. The van der Waals surface area contributed by atoms with Gasteiger partial charge in [0.2, 0.25) is 20.9 Å². The second-order valence-corrected chi connectivity index (χ2v) is 13.0. The largest absolute Gasteiger partial charge is 0.493 e. The predicted molar refractivity (Wildman–Crippen MR) is 150 cm³/mol. The summed E-state index contributed by atoms with van der Waals surface area (Å²) in [5.74, 6) is -0.956. The van der Waals surface area contributed by atoms with Crippen LogP contribution in [0.3, 0.4) is 0 Å². The van der Waals surface area contributed by atoms with Gasteiger partial charge in [0, 0.05) is 16.9 Å². The molecule has 2 amide bonds. The van der Waals surface area contributed by atoms with Crippen LogP contribution in [0, 0.1) is 5.92 Å². The van der Waals surface area contributed by atoms with Crippen LogP contribution in [0.15, 0.2) is 29.4 Å². The summed E-state index contributed by atoms with van der Waals surface area (Å²) in [5, 5.41) is 1.95. The van der Waals surface area contributed by atoms with Gasteiger partial charge in [0.25, 0.3) is 5.91 Å². The van der Waals surface area contributed by atoms with Crippen molar-refractivity contribution in [2.45, 2.75) is 50.4 Å². The van der Waals surface area contributed by atoms with Gasteiger partial charge in [-0.2, -0.15) is 13.2 Å². The zero-order valence-electron chi connectivity index (χ0n) is 23.0. The van der Waals surface area contributed by atoms with Gasteiger partial charge < -0.3 is 20.5 Å². The highest BCUT2D eigenvalue weighted by molar-refractivity contribution is 7.91. The Morgan fingerprint density at radius 1 is 1.14 bits per heavy atom. The number of thiophene rings is 1. The van der Waals surface area contributed by atoms with Crippen LogP contribution >= 0.6 is 11.3 Å². The van der Waals surface area contributed by atoms with Crippen LogP contribution in [0.25, 0.3) is 11.3 Å². The summed E-state index contributed by atoms with van der Waals surface area (Å²) < 4.78 is 77.4. The molecule has 0 fully saturated rings. The van der Waals surface area contributed by atoms with Gasteiger partial charge >= 0.3 is 6.18 Å². The summed E-state index contributed by atoms with van der Waals surface area (Å²) in [6, 6.07) is 4.87. The lowest BCUT2D eigenvalue weighted by atomic mass is 9.88. The van der Waals surface area contributed by atoms with Crippen LogP contribution in [0.4, 0.5) is 18.2 Å². The number of anilines is 1. The molecule has 0 unspecified atom stereocenters. The molecule has 0 aliphatic heterocycles. The van der Waals surface area contributed by atoms with E-state index in [1.165, 1.54) is 43.8 Å². The first kappa shape index (κ1) is 31.2. The number of methoxy groups -OCH3 is 2. The molecule has 226 valence electrons. The number of aromatic nitrogens is 2. The van der Waals surface area contributed by atoms with Crippen molar-refractivity contribution in [2.75, 3.05) is 25.3 Å². The molecule has 0 spiro atoms. The maximum atomic E-state index is 13.7. The lowest BCUT2D eigenvalue weighted by Gasteiger charge is -2.18. The minimum Gasteiger partial charge on any atom is -0.493 e. The van der Waals surface area contributed by atoms with E-state index in [9.17, 15) is 31.2 Å². The number of alkyl halides is 3. The first-order chi connectivity index (χ1) is 19.7. The lowest BCUT2D eigenvalue weighted by Crippen LogP contribution is -2.20. The number of carbonyl (C=O) groups is 2. The maximum Gasteiger partial charge on any atom is 0.433 e. The molecule has 1 atom stereocenters. The number of nitrogens with one attached hydrogen (secondary N) is 1. The van der Waals surface area contributed by atoms with E-state index in [0.717, 1.165) is 23.3 Å². The van der Waals surface area contributed by atoms with E-state index in [4.69, 9.17) is 15.2 Å². The number of nitrogens with two attached hydrogens (primary N) is 1. The number of halogens is 3. The molecule has 42 heavy (non-hydrogen) atoms. The number of nitrogens with zero attached hydrogens (tertiary/aromatic N) is 2. The fraction of sp³-hybridized carbons (Fsp3) is 0.407. The van der Waals surface area contributed by atoms with Crippen molar-refractivity contribution in [3.8, 4) is 22.8 Å². The molecular formula is C27H29F3N4O6S2. The molecule has 4 rings (SSSR count). The van der Waals surface area contributed by atoms with E-state index in [0.29, 0.717) is 29.2 Å². The smallest absolute Gasteiger partial charge is 0.433 e. The van der Waals surface area contributed by atoms with Crippen molar-refractivity contribution in [3.05, 3.63) is 46.0 Å². The number of rotatable bonds is 10. The van der Waals surface area contributed by atoms with E-state index in [2.05, 4.69) is 22.2 Å². The number of fused-ring (bicyclic) bond motifs is 1. The van der Waals surface area contributed by atoms with Crippen molar-refractivity contribution in [1.82, 2.24) is 9.97 Å². The Labute approximate surface area is 244 Å². The minimum atomic E-state index is -4.95. The quantitative estimate of drug-likeness (QED) is 0.309. The SMILES string of the molecule is COc1ccc(-c2cc(C(F)(F)F)nc(S(=O)(=O)CCCC(=O)Nc3sc4c(c3C(N)=O)CC[C@H](C)C4)n2)cc1OC.